The Morgan fingerprint density at radius 3 is 1.90 bits per heavy atom. The molecule has 0 fully saturated rings. The molecule has 20 heavy (non-hydrogen) atoms. The quantitative estimate of drug-likeness (QED) is 0.856. The fourth-order valence-electron chi connectivity index (χ4n) is 2.54. The van der Waals surface area contributed by atoms with E-state index in [1.165, 1.54) is 5.56 Å². The van der Waals surface area contributed by atoms with E-state index in [0.717, 1.165) is 18.4 Å². The molecular weight excluding hydrogens is 246 g/mol. The maximum Gasteiger partial charge on any atom is 0.144 e. The van der Waals surface area contributed by atoms with E-state index in [9.17, 15) is 4.79 Å². The molecule has 0 heterocycles. The number of hydrogen-bond donors (Lipinski definition) is 1. The van der Waals surface area contributed by atoms with E-state index in [2.05, 4.69) is 58.9 Å². The van der Waals surface area contributed by atoms with E-state index in [1.54, 1.807) is 0 Å². The van der Waals surface area contributed by atoms with Crippen LogP contribution in [0.4, 0.5) is 0 Å². The van der Waals surface area contributed by atoms with Gasteiger partial charge in [-0.15, -0.1) is 0 Å². The summed E-state index contributed by atoms with van der Waals surface area (Å²) in [4.78, 5) is 12.5. The highest BCUT2D eigenvalue weighted by molar-refractivity contribution is 5.87. The summed E-state index contributed by atoms with van der Waals surface area (Å²) in [6.07, 6.45) is 2.13. The number of rotatable bonds is 6. The molecule has 2 N–H and O–H groups in total. The highest BCUT2D eigenvalue weighted by Gasteiger charge is 2.32. The average Bonchev–Trinajstić information content (AvgIpc) is 2.41. The van der Waals surface area contributed by atoms with Crippen molar-refractivity contribution in [2.45, 2.75) is 59.3 Å². The van der Waals surface area contributed by atoms with Gasteiger partial charge in [0.1, 0.15) is 5.78 Å². The molecule has 0 aliphatic heterocycles. The minimum atomic E-state index is -0.345. The van der Waals surface area contributed by atoms with E-state index in [-0.39, 0.29) is 16.6 Å². The number of hydrogen-bond acceptors (Lipinski definition) is 2. The van der Waals surface area contributed by atoms with Gasteiger partial charge in [-0.1, -0.05) is 58.9 Å². The van der Waals surface area contributed by atoms with Crippen LogP contribution in [0.25, 0.3) is 0 Å². The Bertz CT molecular complexity index is 427. The van der Waals surface area contributed by atoms with E-state index >= 15 is 0 Å². The maximum atomic E-state index is 12.5. The second kappa shape index (κ2) is 6.53. The zero-order valence-corrected chi connectivity index (χ0v) is 13.6. The van der Waals surface area contributed by atoms with Crippen LogP contribution in [0.1, 0.15) is 58.6 Å². The van der Waals surface area contributed by atoms with E-state index in [1.807, 2.05) is 0 Å². The molecule has 1 aromatic rings. The fraction of sp³-hybridized carbons (Fsp3) is 0.611. The highest BCUT2D eigenvalue weighted by Crippen LogP contribution is 2.28. The lowest BCUT2D eigenvalue weighted by Gasteiger charge is -2.28. The third kappa shape index (κ3) is 3.69. The number of Topliss-reactive ketones (excluding diaryl/α,β-unsaturated/α-hetero) is 1. The number of carbonyl (C=O) groups is 1. The van der Waals surface area contributed by atoms with E-state index in [4.69, 9.17) is 5.73 Å². The second-order valence-electron chi connectivity index (χ2n) is 6.74. The van der Waals surface area contributed by atoms with Gasteiger partial charge in [-0.3, -0.25) is 4.79 Å². The lowest BCUT2D eigenvalue weighted by atomic mass is 9.76. The molecule has 0 spiro atoms. The summed E-state index contributed by atoms with van der Waals surface area (Å²) in [6, 6.07) is 8.41. The SMILES string of the molecule is CCC(CC)(CN)C(=O)Cc1ccc(C(C)(C)C)cc1. The number of ketones is 1. The molecule has 0 saturated carbocycles. The van der Waals surface area contributed by atoms with Gasteiger partial charge in [-0.25, -0.2) is 0 Å². The minimum Gasteiger partial charge on any atom is -0.329 e. The smallest absolute Gasteiger partial charge is 0.144 e. The lowest BCUT2D eigenvalue weighted by molar-refractivity contribution is -0.128. The van der Waals surface area contributed by atoms with Crippen molar-refractivity contribution >= 4 is 5.78 Å². The molecular formula is C18H29NO. The van der Waals surface area contributed by atoms with E-state index in [0.29, 0.717) is 13.0 Å². The van der Waals surface area contributed by atoms with Crippen molar-refractivity contribution < 1.29 is 4.79 Å². The summed E-state index contributed by atoms with van der Waals surface area (Å²) in [5.41, 5.74) is 8.03. The molecule has 2 nitrogen and oxygen atoms in total. The Morgan fingerprint density at radius 1 is 1.05 bits per heavy atom. The number of nitrogens with two attached hydrogens (primary N) is 1. The molecule has 0 amide bonds. The van der Waals surface area contributed by atoms with Crippen LogP contribution in [-0.2, 0) is 16.6 Å². The van der Waals surface area contributed by atoms with Crippen molar-refractivity contribution in [3.63, 3.8) is 0 Å². The molecule has 0 bridgehead atoms. The summed E-state index contributed by atoms with van der Waals surface area (Å²) >= 11 is 0. The number of carbonyl (C=O) groups excluding carboxylic acids is 1. The Morgan fingerprint density at radius 2 is 1.55 bits per heavy atom. The highest BCUT2D eigenvalue weighted by atomic mass is 16.1. The average molecular weight is 275 g/mol. The first kappa shape index (κ1) is 16.9. The molecule has 1 aromatic carbocycles. The minimum absolute atomic E-state index is 0.149. The molecule has 0 atom stereocenters. The van der Waals surface area contributed by atoms with Gasteiger partial charge in [0, 0.05) is 18.4 Å². The van der Waals surface area contributed by atoms with Crippen LogP contribution in [0.2, 0.25) is 0 Å². The van der Waals surface area contributed by atoms with Gasteiger partial charge in [-0.05, 0) is 29.4 Å². The molecule has 0 saturated heterocycles. The second-order valence-corrected chi connectivity index (χ2v) is 6.74. The van der Waals surface area contributed by atoms with Crippen molar-refractivity contribution in [2.75, 3.05) is 6.54 Å². The van der Waals surface area contributed by atoms with Gasteiger partial charge in [0.15, 0.2) is 0 Å². The molecule has 0 aromatic heterocycles. The summed E-state index contributed by atoms with van der Waals surface area (Å²) < 4.78 is 0. The third-order valence-electron chi connectivity index (χ3n) is 4.52. The summed E-state index contributed by atoms with van der Waals surface area (Å²) in [6.45, 7) is 11.1. The first-order chi connectivity index (χ1) is 9.29. The fourth-order valence-corrected chi connectivity index (χ4v) is 2.54. The van der Waals surface area contributed by atoms with Crippen molar-refractivity contribution in [3.8, 4) is 0 Å². The topological polar surface area (TPSA) is 43.1 Å². The van der Waals surface area contributed by atoms with Crippen LogP contribution in [0.15, 0.2) is 24.3 Å². The van der Waals surface area contributed by atoms with Crippen LogP contribution >= 0.6 is 0 Å². The Hall–Kier alpha value is -1.15. The van der Waals surface area contributed by atoms with Gasteiger partial charge in [0.05, 0.1) is 0 Å². The Kier molecular flexibility index (Phi) is 5.52. The Balaban J connectivity index is 2.86. The predicted octanol–water partition coefficient (Wildman–Crippen LogP) is 3.86. The van der Waals surface area contributed by atoms with Crippen LogP contribution in [0, 0.1) is 5.41 Å². The zero-order chi connectivity index (χ0) is 15.4. The van der Waals surface area contributed by atoms with Gasteiger partial charge < -0.3 is 5.73 Å². The van der Waals surface area contributed by atoms with Crippen molar-refractivity contribution in [3.05, 3.63) is 35.4 Å². The standard InChI is InChI=1S/C18H29NO/c1-6-18(7-2,13-19)16(20)12-14-8-10-15(11-9-14)17(3,4)5/h8-11H,6-7,12-13,19H2,1-5H3. The van der Waals surface area contributed by atoms with Gasteiger partial charge in [0.25, 0.3) is 0 Å². The molecule has 112 valence electrons. The monoisotopic (exact) mass is 275 g/mol. The van der Waals surface area contributed by atoms with Gasteiger partial charge in [-0.2, -0.15) is 0 Å². The summed E-state index contributed by atoms with van der Waals surface area (Å²) in [5.74, 6) is 0.272. The first-order valence-corrected chi connectivity index (χ1v) is 7.62. The molecule has 0 aliphatic carbocycles. The molecule has 2 heteroatoms. The summed E-state index contributed by atoms with van der Waals surface area (Å²) in [7, 11) is 0. The lowest BCUT2D eigenvalue weighted by Crippen LogP contribution is -2.38. The van der Waals surface area contributed by atoms with Crippen molar-refractivity contribution in [1.29, 1.82) is 0 Å². The van der Waals surface area contributed by atoms with E-state index < -0.39 is 0 Å². The third-order valence-corrected chi connectivity index (χ3v) is 4.52. The van der Waals surface area contributed by atoms with Crippen molar-refractivity contribution in [2.24, 2.45) is 11.1 Å². The van der Waals surface area contributed by atoms with Gasteiger partial charge in [0.2, 0.25) is 0 Å². The van der Waals surface area contributed by atoms with Crippen LogP contribution in [0.3, 0.4) is 0 Å². The summed E-state index contributed by atoms with van der Waals surface area (Å²) in [5, 5.41) is 0. The number of benzene rings is 1. The van der Waals surface area contributed by atoms with Crippen LogP contribution < -0.4 is 5.73 Å². The Labute approximate surface area is 123 Å². The van der Waals surface area contributed by atoms with Crippen LogP contribution in [0.5, 0.6) is 0 Å². The van der Waals surface area contributed by atoms with Gasteiger partial charge >= 0.3 is 0 Å². The normalized spacial score (nSPS) is 12.5. The zero-order valence-electron chi connectivity index (χ0n) is 13.6. The maximum absolute atomic E-state index is 12.5. The molecule has 1 rings (SSSR count). The molecule has 0 aliphatic rings. The predicted molar refractivity (Wildman–Crippen MR) is 85.9 cm³/mol. The van der Waals surface area contributed by atoms with Crippen LogP contribution in [-0.4, -0.2) is 12.3 Å². The molecule has 0 radical (unpaired) electrons. The largest absolute Gasteiger partial charge is 0.329 e. The molecule has 0 unspecified atom stereocenters. The first-order valence-electron chi connectivity index (χ1n) is 7.62. The van der Waals surface area contributed by atoms with Crippen molar-refractivity contribution in [1.82, 2.24) is 0 Å².